The van der Waals surface area contributed by atoms with Crippen LogP contribution in [-0.2, 0) is 6.42 Å². The van der Waals surface area contributed by atoms with Crippen LogP contribution in [0.4, 0.5) is 0 Å². The molecule has 2 aromatic rings. The number of hydrogen-bond donors (Lipinski definition) is 1. The first-order valence-corrected chi connectivity index (χ1v) is 8.80. The van der Waals surface area contributed by atoms with Gasteiger partial charge in [0.25, 0.3) is 0 Å². The van der Waals surface area contributed by atoms with Crippen molar-refractivity contribution in [2.24, 2.45) is 0 Å². The second-order valence-corrected chi connectivity index (χ2v) is 6.96. The second-order valence-electron chi connectivity index (χ2n) is 4.86. The Balaban J connectivity index is 2.21. The molecule has 0 aliphatic rings. The minimum Gasteiger partial charge on any atom is -0.310 e. The first-order chi connectivity index (χ1) is 9.70. The number of benzene rings is 2. The topological polar surface area (TPSA) is 12.0 Å². The predicted molar refractivity (Wildman–Crippen MR) is 98.0 cm³/mol. The molecule has 0 spiro atoms. The molecule has 1 atom stereocenters. The van der Waals surface area contributed by atoms with E-state index in [0.29, 0.717) is 6.04 Å². The molecular weight excluding hydrogens is 425 g/mol. The number of hydrogen-bond acceptors (Lipinski definition) is 1. The highest BCUT2D eigenvalue weighted by Gasteiger charge is 2.13. The van der Waals surface area contributed by atoms with Crippen molar-refractivity contribution in [1.82, 2.24) is 5.32 Å². The van der Waals surface area contributed by atoms with Gasteiger partial charge in [0.1, 0.15) is 0 Å². The Labute approximate surface area is 143 Å². The van der Waals surface area contributed by atoms with E-state index in [1.807, 2.05) is 0 Å². The van der Waals surface area contributed by atoms with Crippen LogP contribution in [0.2, 0.25) is 0 Å². The fourth-order valence-electron chi connectivity index (χ4n) is 2.23. The summed E-state index contributed by atoms with van der Waals surface area (Å²) >= 11 is 6.03. The van der Waals surface area contributed by atoms with Crippen LogP contribution >= 0.6 is 38.5 Å². The zero-order chi connectivity index (χ0) is 14.4. The van der Waals surface area contributed by atoms with Gasteiger partial charge in [0.05, 0.1) is 0 Å². The minimum absolute atomic E-state index is 0.364. The lowest BCUT2D eigenvalue weighted by molar-refractivity contribution is 0.528. The van der Waals surface area contributed by atoms with Crippen LogP contribution < -0.4 is 5.32 Å². The highest BCUT2D eigenvalue weighted by molar-refractivity contribution is 14.1. The molecule has 0 fully saturated rings. The fraction of sp³-hybridized carbons (Fsp3) is 0.294. The Morgan fingerprint density at radius 2 is 1.95 bits per heavy atom. The first-order valence-electron chi connectivity index (χ1n) is 6.93. The molecular formula is C17H19BrIN. The molecule has 0 heterocycles. The average Bonchev–Trinajstić information content (AvgIpc) is 2.45. The van der Waals surface area contributed by atoms with Gasteiger partial charge in [-0.25, -0.2) is 0 Å². The molecule has 3 heteroatoms. The van der Waals surface area contributed by atoms with Crippen molar-refractivity contribution >= 4 is 38.5 Å². The van der Waals surface area contributed by atoms with Crippen molar-refractivity contribution in [3.8, 4) is 0 Å². The van der Waals surface area contributed by atoms with Crippen molar-refractivity contribution in [3.63, 3.8) is 0 Å². The molecule has 2 rings (SSSR count). The third-order valence-electron chi connectivity index (χ3n) is 3.27. The van der Waals surface area contributed by atoms with E-state index in [4.69, 9.17) is 0 Å². The quantitative estimate of drug-likeness (QED) is 0.594. The van der Waals surface area contributed by atoms with E-state index in [1.54, 1.807) is 0 Å². The summed E-state index contributed by atoms with van der Waals surface area (Å²) < 4.78 is 2.48. The normalized spacial score (nSPS) is 12.3. The Morgan fingerprint density at radius 1 is 1.15 bits per heavy atom. The molecule has 2 aromatic carbocycles. The molecule has 0 amide bonds. The van der Waals surface area contributed by atoms with Gasteiger partial charge in [0.15, 0.2) is 0 Å². The van der Waals surface area contributed by atoms with E-state index in [-0.39, 0.29) is 0 Å². The zero-order valence-corrected chi connectivity index (χ0v) is 15.3. The maximum Gasteiger partial charge on any atom is 0.0361 e. The van der Waals surface area contributed by atoms with E-state index in [2.05, 4.69) is 99.3 Å². The van der Waals surface area contributed by atoms with Crippen LogP contribution in [0, 0.1) is 3.57 Å². The van der Waals surface area contributed by atoms with Crippen LogP contribution in [0.25, 0.3) is 0 Å². The van der Waals surface area contributed by atoms with Gasteiger partial charge in [-0.1, -0.05) is 53.2 Å². The maximum atomic E-state index is 3.66. The molecule has 0 saturated carbocycles. The summed E-state index contributed by atoms with van der Waals surface area (Å²) in [5.41, 5.74) is 2.71. The fourth-order valence-corrected chi connectivity index (χ4v) is 3.25. The maximum absolute atomic E-state index is 3.66. The van der Waals surface area contributed by atoms with Gasteiger partial charge in [-0.2, -0.15) is 0 Å². The van der Waals surface area contributed by atoms with Crippen LogP contribution in [0.1, 0.15) is 30.5 Å². The SMILES string of the molecule is CCCNC(Cc1ccccc1Br)c1cccc(I)c1. The van der Waals surface area contributed by atoms with Crippen LogP contribution in [0.3, 0.4) is 0 Å². The van der Waals surface area contributed by atoms with Gasteiger partial charge in [0, 0.05) is 14.1 Å². The average molecular weight is 444 g/mol. The Bertz CT molecular complexity index is 556. The summed E-state index contributed by atoms with van der Waals surface area (Å²) in [6, 6.07) is 17.6. The summed E-state index contributed by atoms with van der Waals surface area (Å²) in [6.45, 7) is 3.25. The lowest BCUT2D eigenvalue weighted by atomic mass is 9.99. The van der Waals surface area contributed by atoms with Crippen molar-refractivity contribution < 1.29 is 0 Å². The number of rotatable bonds is 6. The minimum atomic E-state index is 0.364. The second kappa shape index (κ2) is 8.15. The molecule has 106 valence electrons. The standard InChI is InChI=1S/C17H19BrIN/c1-2-10-20-17(14-7-5-8-15(19)11-14)12-13-6-3-4-9-16(13)18/h3-9,11,17,20H,2,10,12H2,1H3. The predicted octanol–water partition coefficient (Wildman–Crippen LogP) is 5.34. The zero-order valence-electron chi connectivity index (χ0n) is 11.6. The smallest absolute Gasteiger partial charge is 0.0361 e. The molecule has 0 saturated heterocycles. The summed E-state index contributed by atoms with van der Waals surface area (Å²) in [6.07, 6.45) is 2.15. The van der Waals surface area contributed by atoms with E-state index in [9.17, 15) is 0 Å². The number of halogens is 2. The molecule has 0 aromatic heterocycles. The molecule has 1 N–H and O–H groups in total. The van der Waals surface area contributed by atoms with E-state index in [1.165, 1.54) is 19.2 Å². The molecule has 0 aliphatic carbocycles. The monoisotopic (exact) mass is 443 g/mol. The third-order valence-corrected chi connectivity index (χ3v) is 4.72. The third kappa shape index (κ3) is 4.57. The summed E-state index contributed by atoms with van der Waals surface area (Å²) in [5, 5.41) is 3.66. The van der Waals surface area contributed by atoms with Crippen LogP contribution in [0.5, 0.6) is 0 Å². The van der Waals surface area contributed by atoms with Crippen molar-refractivity contribution in [2.75, 3.05) is 6.54 Å². The Hall–Kier alpha value is -0.390. The largest absolute Gasteiger partial charge is 0.310 e. The Kier molecular flexibility index (Phi) is 6.52. The van der Waals surface area contributed by atoms with Crippen molar-refractivity contribution in [3.05, 3.63) is 67.7 Å². The molecule has 1 nitrogen and oxygen atoms in total. The summed E-state index contributed by atoms with van der Waals surface area (Å²) in [4.78, 5) is 0. The molecule has 20 heavy (non-hydrogen) atoms. The van der Waals surface area contributed by atoms with Gasteiger partial charge in [-0.15, -0.1) is 0 Å². The Morgan fingerprint density at radius 3 is 2.65 bits per heavy atom. The van der Waals surface area contributed by atoms with E-state index < -0.39 is 0 Å². The highest BCUT2D eigenvalue weighted by atomic mass is 127. The van der Waals surface area contributed by atoms with Crippen LogP contribution in [-0.4, -0.2) is 6.54 Å². The van der Waals surface area contributed by atoms with Gasteiger partial charge in [0.2, 0.25) is 0 Å². The van der Waals surface area contributed by atoms with Gasteiger partial charge >= 0.3 is 0 Å². The first kappa shape index (κ1) is 16.0. The molecule has 0 aliphatic heterocycles. The van der Waals surface area contributed by atoms with Gasteiger partial charge < -0.3 is 5.32 Å². The molecule has 0 radical (unpaired) electrons. The number of nitrogens with one attached hydrogen (secondary N) is 1. The lowest BCUT2D eigenvalue weighted by Crippen LogP contribution is -2.24. The highest BCUT2D eigenvalue weighted by Crippen LogP contribution is 2.24. The van der Waals surface area contributed by atoms with E-state index >= 15 is 0 Å². The molecule has 0 bridgehead atoms. The van der Waals surface area contributed by atoms with Crippen molar-refractivity contribution in [2.45, 2.75) is 25.8 Å². The van der Waals surface area contributed by atoms with Gasteiger partial charge in [-0.05, 0) is 71.3 Å². The summed E-state index contributed by atoms with van der Waals surface area (Å²) in [5.74, 6) is 0. The summed E-state index contributed by atoms with van der Waals surface area (Å²) in [7, 11) is 0. The lowest BCUT2D eigenvalue weighted by Gasteiger charge is -2.20. The van der Waals surface area contributed by atoms with E-state index in [0.717, 1.165) is 19.4 Å². The van der Waals surface area contributed by atoms with Gasteiger partial charge in [-0.3, -0.25) is 0 Å². The molecule has 1 unspecified atom stereocenters. The van der Waals surface area contributed by atoms with Crippen LogP contribution in [0.15, 0.2) is 53.0 Å². The van der Waals surface area contributed by atoms with Crippen molar-refractivity contribution in [1.29, 1.82) is 0 Å².